The fourth-order valence-corrected chi connectivity index (χ4v) is 2.90. The number of hydrogen-bond acceptors (Lipinski definition) is 5. The minimum atomic E-state index is -0.984. The molecule has 3 rings (SSSR count). The van der Waals surface area contributed by atoms with Crippen LogP contribution >= 0.6 is 0 Å². The van der Waals surface area contributed by atoms with Crippen LogP contribution in [0.15, 0.2) is 60.7 Å². The monoisotopic (exact) mass is 381 g/mol. The van der Waals surface area contributed by atoms with Gasteiger partial charge in [0.2, 0.25) is 6.10 Å². The van der Waals surface area contributed by atoms with Crippen molar-refractivity contribution in [3.63, 3.8) is 0 Å². The highest BCUT2D eigenvalue weighted by Crippen LogP contribution is 2.22. The van der Waals surface area contributed by atoms with Gasteiger partial charge < -0.3 is 19.1 Å². The molecule has 1 fully saturated rings. The number of rotatable bonds is 6. The molecule has 146 valence electrons. The second-order valence-corrected chi connectivity index (χ2v) is 6.28. The average molecular weight is 381 g/mol. The Morgan fingerprint density at radius 3 is 2.54 bits per heavy atom. The zero-order valence-electron chi connectivity index (χ0n) is 15.7. The second kappa shape index (κ2) is 9.71. The number of ether oxygens (including phenoxy) is 3. The molecule has 0 aliphatic carbocycles. The topological polar surface area (TPSA) is 65.1 Å². The third kappa shape index (κ3) is 5.20. The number of benzene rings is 2. The van der Waals surface area contributed by atoms with Crippen LogP contribution in [-0.4, -0.2) is 50.2 Å². The molecule has 0 unspecified atom stereocenters. The number of methoxy groups -OCH3 is 1. The van der Waals surface area contributed by atoms with Crippen molar-refractivity contribution < 1.29 is 23.8 Å². The molecule has 0 bridgehead atoms. The van der Waals surface area contributed by atoms with Gasteiger partial charge in [0.05, 0.1) is 20.3 Å². The van der Waals surface area contributed by atoms with Crippen LogP contribution in [0, 0.1) is 0 Å². The molecular formula is C22H23NO5. The van der Waals surface area contributed by atoms with Gasteiger partial charge in [-0.05, 0) is 23.8 Å². The number of carbonyl (C=O) groups is 2. The summed E-state index contributed by atoms with van der Waals surface area (Å²) >= 11 is 0. The maximum absolute atomic E-state index is 12.9. The van der Waals surface area contributed by atoms with Crippen LogP contribution in [0.25, 0.3) is 6.08 Å². The van der Waals surface area contributed by atoms with Crippen LogP contribution in [0.2, 0.25) is 0 Å². The van der Waals surface area contributed by atoms with Crippen molar-refractivity contribution in [3.8, 4) is 5.75 Å². The summed E-state index contributed by atoms with van der Waals surface area (Å²) < 4.78 is 16.0. The Kier molecular flexibility index (Phi) is 6.81. The van der Waals surface area contributed by atoms with E-state index in [1.807, 2.05) is 36.4 Å². The van der Waals surface area contributed by atoms with Crippen LogP contribution in [0.5, 0.6) is 5.75 Å². The summed E-state index contributed by atoms with van der Waals surface area (Å²) in [5, 5.41) is 0. The molecule has 1 saturated heterocycles. The summed E-state index contributed by atoms with van der Waals surface area (Å²) in [5.41, 5.74) is 1.44. The van der Waals surface area contributed by atoms with Crippen molar-refractivity contribution in [2.24, 2.45) is 0 Å². The van der Waals surface area contributed by atoms with Gasteiger partial charge in [-0.2, -0.15) is 0 Å². The quantitative estimate of drug-likeness (QED) is 0.569. The fourth-order valence-electron chi connectivity index (χ4n) is 2.90. The van der Waals surface area contributed by atoms with Gasteiger partial charge in [0.15, 0.2) is 0 Å². The van der Waals surface area contributed by atoms with Crippen LogP contribution in [0.4, 0.5) is 0 Å². The summed E-state index contributed by atoms with van der Waals surface area (Å²) in [5.74, 6) is -0.129. The Labute approximate surface area is 164 Å². The lowest BCUT2D eigenvalue weighted by atomic mass is 10.1. The number of esters is 1. The Bertz CT molecular complexity index is 828. The molecule has 1 amide bonds. The van der Waals surface area contributed by atoms with E-state index >= 15 is 0 Å². The van der Waals surface area contributed by atoms with E-state index in [4.69, 9.17) is 14.2 Å². The number of carbonyl (C=O) groups excluding carboxylic acids is 2. The zero-order chi connectivity index (χ0) is 19.8. The van der Waals surface area contributed by atoms with E-state index in [0.29, 0.717) is 37.6 Å². The third-order valence-corrected chi connectivity index (χ3v) is 4.39. The minimum absolute atomic E-state index is 0.238. The molecule has 28 heavy (non-hydrogen) atoms. The van der Waals surface area contributed by atoms with E-state index in [0.717, 1.165) is 5.56 Å². The van der Waals surface area contributed by atoms with Gasteiger partial charge in [-0.25, -0.2) is 4.79 Å². The summed E-state index contributed by atoms with van der Waals surface area (Å²) in [6, 6.07) is 16.3. The summed E-state index contributed by atoms with van der Waals surface area (Å²) in [7, 11) is 1.58. The Morgan fingerprint density at radius 1 is 1.07 bits per heavy atom. The molecule has 6 heteroatoms. The van der Waals surface area contributed by atoms with Gasteiger partial charge in [0.1, 0.15) is 5.75 Å². The number of nitrogens with zero attached hydrogens (tertiary/aromatic N) is 1. The molecule has 0 radical (unpaired) electrons. The Hall–Kier alpha value is -3.12. The molecule has 0 N–H and O–H groups in total. The predicted octanol–water partition coefficient (Wildman–Crippen LogP) is 2.85. The molecule has 6 nitrogen and oxygen atoms in total. The summed E-state index contributed by atoms with van der Waals surface area (Å²) in [4.78, 5) is 27.0. The standard InChI is InChI=1S/C22H23NO5/c1-26-19-9-5-6-17(16-19)10-11-20(24)28-21(18-7-3-2-4-8-18)22(25)23-12-14-27-15-13-23/h2-11,16,21H,12-15H2,1H3/b11-10+/t21-/m1/s1. The van der Waals surface area contributed by atoms with Crippen LogP contribution in [-0.2, 0) is 19.1 Å². The van der Waals surface area contributed by atoms with E-state index in [9.17, 15) is 9.59 Å². The highest BCUT2D eigenvalue weighted by Gasteiger charge is 2.29. The summed E-state index contributed by atoms with van der Waals surface area (Å²) in [6.07, 6.45) is 1.96. The van der Waals surface area contributed by atoms with E-state index in [-0.39, 0.29) is 5.91 Å². The minimum Gasteiger partial charge on any atom is -0.497 e. The lowest BCUT2D eigenvalue weighted by Gasteiger charge is -2.30. The second-order valence-electron chi connectivity index (χ2n) is 6.28. The molecule has 1 aliphatic heterocycles. The average Bonchev–Trinajstić information content (AvgIpc) is 2.77. The van der Waals surface area contributed by atoms with Crippen molar-refractivity contribution in [1.82, 2.24) is 4.90 Å². The van der Waals surface area contributed by atoms with Gasteiger partial charge in [0.25, 0.3) is 5.91 Å². The van der Waals surface area contributed by atoms with Crippen molar-refractivity contribution in [1.29, 1.82) is 0 Å². The lowest BCUT2D eigenvalue weighted by molar-refractivity contribution is -0.159. The number of hydrogen-bond donors (Lipinski definition) is 0. The SMILES string of the molecule is COc1cccc(/C=C/C(=O)O[C@@H](C(=O)N2CCOCC2)c2ccccc2)c1. The Balaban J connectivity index is 1.73. The molecule has 0 saturated carbocycles. The number of amides is 1. The molecule has 0 aromatic heterocycles. The molecule has 2 aromatic carbocycles. The molecular weight excluding hydrogens is 358 g/mol. The highest BCUT2D eigenvalue weighted by molar-refractivity contribution is 5.91. The predicted molar refractivity (Wildman–Crippen MR) is 105 cm³/mol. The van der Waals surface area contributed by atoms with Gasteiger partial charge in [-0.1, -0.05) is 42.5 Å². The third-order valence-electron chi connectivity index (χ3n) is 4.39. The van der Waals surface area contributed by atoms with Crippen LogP contribution < -0.4 is 4.74 Å². The van der Waals surface area contributed by atoms with E-state index < -0.39 is 12.1 Å². The maximum atomic E-state index is 12.9. The lowest BCUT2D eigenvalue weighted by Crippen LogP contribution is -2.44. The first kappa shape index (κ1) is 19.6. The largest absolute Gasteiger partial charge is 0.497 e. The van der Waals surface area contributed by atoms with Crippen LogP contribution in [0.1, 0.15) is 17.2 Å². The molecule has 2 aromatic rings. The van der Waals surface area contributed by atoms with E-state index in [2.05, 4.69) is 0 Å². The van der Waals surface area contributed by atoms with E-state index in [1.54, 1.807) is 36.3 Å². The van der Waals surface area contributed by atoms with E-state index in [1.165, 1.54) is 6.08 Å². The normalized spacial score (nSPS) is 15.2. The Morgan fingerprint density at radius 2 is 1.82 bits per heavy atom. The highest BCUT2D eigenvalue weighted by atomic mass is 16.5. The summed E-state index contributed by atoms with van der Waals surface area (Å²) in [6.45, 7) is 1.94. The van der Waals surface area contributed by atoms with Gasteiger partial charge in [0, 0.05) is 24.7 Å². The fraction of sp³-hybridized carbons (Fsp3) is 0.273. The first-order chi connectivity index (χ1) is 13.7. The number of morpholine rings is 1. The van der Waals surface area contributed by atoms with Gasteiger partial charge in [-0.3, -0.25) is 4.79 Å². The van der Waals surface area contributed by atoms with Gasteiger partial charge >= 0.3 is 5.97 Å². The van der Waals surface area contributed by atoms with Crippen molar-refractivity contribution in [3.05, 3.63) is 71.8 Å². The first-order valence-electron chi connectivity index (χ1n) is 9.11. The first-order valence-corrected chi connectivity index (χ1v) is 9.11. The molecule has 1 atom stereocenters. The van der Waals surface area contributed by atoms with Crippen molar-refractivity contribution in [2.45, 2.75) is 6.10 Å². The molecule has 1 aliphatic rings. The smallest absolute Gasteiger partial charge is 0.331 e. The van der Waals surface area contributed by atoms with Gasteiger partial charge in [-0.15, -0.1) is 0 Å². The zero-order valence-corrected chi connectivity index (χ0v) is 15.7. The molecule has 0 spiro atoms. The van der Waals surface area contributed by atoms with Crippen LogP contribution in [0.3, 0.4) is 0 Å². The van der Waals surface area contributed by atoms with Crippen molar-refractivity contribution in [2.75, 3.05) is 33.4 Å². The molecule has 1 heterocycles. The maximum Gasteiger partial charge on any atom is 0.331 e. The van der Waals surface area contributed by atoms with Crippen molar-refractivity contribution >= 4 is 18.0 Å².